The fourth-order valence-corrected chi connectivity index (χ4v) is 1.66. The standard InChI is InChI=1S/C14H11ClN2O3/c15-11-3-1-2-4-12(11)17-14(20)13(19)16-9-5-7-10(18)8-6-9/h1-8,18H,(H,16,19)(H,17,20). The van der Waals surface area contributed by atoms with Gasteiger partial charge in [0.2, 0.25) is 0 Å². The maximum absolute atomic E-state index is 11.7. The second-order valence-corrected chi connectivity index (χ2v) is 4.34. The Bertz CT molecular complexity index is 641. The minimum absolute atomic E-state index is 0.0727. The Labute approximate surface area is 120 Å². The van der Waals surface area contributed by atoms with Crippen LogP contribution in [-0.4, -0.2) is 16.9 Å². The number of halogens is 1. The van der Waals surface area contributed by atoms with E-state index in [1.807, 2.05) is 0 Å². The van der Waals surface area contributed by atoms with Gasteiger partial charge < -0.3 is 15.7 Å². The van der Waals surface area contributed by atoms with E-state index < -0.39 is 11.8 Å². The van der Waals surface area contributed by atoms with Gasteiger partial charge in [0.25, 0.3) is 0 Å². The average molecular weight is 291 g/mol. The fraction of sp³-hybridized carbons (Fsp3) is 0. The number of hydrogen-bond donors (Lipinski definition) is 3. The summed E-state index contributed by atoms with van der Waals surface area (Å²) in [6.07, 6.45) is 0. The first-order chi connectivity index (χ1) is 9.56. The molecule has 2 aromatic rings. The van der Waals surface area contributed by atoms with Crippen molar-refractivity contribution in [2.45, 2.75) is 0 Å². The Morgan fingerprint density at radius 3 is 2.15 bits per heavy atom. The summed E-state index contributed by atoms with van der Waals surface area (Å²) in [5.41, 5.74) is 0.766. The highest BCUT2D eigenvalue weighted by Crippen LogP contribution is 2.20. The molecule has 3 N–H and O–H groups in total. The number of phenolic OH excluding ortho intramolecular Hbond substituents is 1. The normalized spacial score (nSPS) is 9.85. The van der Waals surface area contributed by atoms with Crippen molar-refractivity contribution in [2.75, 3.05) is 10.6 Å². The monoisotopic (exact) mass is 290 g/mol. The van der Waals surface area contributed by atoms with E-state index in [1.54, 1.807) is 24.3 Å². The third kappa shape index (κ3) is 3.49. The summed E-state index contributed by atoms with van der Waals surface area (Å²) in [7, 11) is 0. The van der Waals surface area contributed by atoms with Gasteiger partial charge in [-0.05, 0) is 36.4 Å². The Morgan fingerprint density at radius 2 is 1.50 bits per heavy atom. The molecule has 0 saturated heterocycles. The lowest BCUT2D eigenvalue weighted by Crippen LogP contribution is -2.29. The van der Waals surface area contributed by atoms with Crippen LogP contribution in [0.2, 0.25) is 5.02 Å². The molecule has 20 heavy (non-hydrogen) atoms. The van der Waals surface area contributed by atoms with Gasteiger partial charge in [-0.25, -0.2) is 0 Å². The zero-order valence-electron chi connectivity index (χ0n) is 10.3. The topological polar surface area (TPSA) is 78.4 Å². The summed E-state index contributed by atoms with van der Waals surface area (Å²) in [6.45, 7) is 0. The van der Waals surface area contributed by atoms with Crippen LogP contribution in [0.5, 0.6) is 5.75 Å². The van der Waals surface area contributed by atoms with Gasteiger partial charge in [-0.1, -0.05) is 23.7 Å². The van der Waals surface area contributed by atoms with Crippen molar-refractivity contribution in [3.63, 3.8) is 0 Å². The summed E-state index contributed by atoms with van der Waals surface area (Å²) < 4.78 is 0. The Morgan fingerprint density at radius 1 is 0.900 bits per heavy atom. The highest BCUT2D eigenvalue weighted by atomic mass is 35.5. The average Bonchev–Trinajstić information content (AvgIpc) is 2.44. The van der Waals surface area contributed by atoms with Crippen molar-refractivity contribution in [3.05, 3.63) is 53.6 Å². The number of nitrogens with one attached hydrogen (secondary N) is 2. The highest BCUT2D eigenvalue weighted by Gasteiger charge is 2.15. The second-order valence-electron chi connectivity index (χ2n) is 3.93. The van der Waals surface area contributed by atoms with Crippen molar-refractivity contribution in [1.82, 2.24) is 0 Å². The van der Waals surface area contributed by atoms with Crippen LogP contribution in [0, 0.1) is 0 Å². The molecular formula is C14H11ClN2O3. The number of carbonyl (C=O) groups is 2. The molecule has 102 valence electrons. The number of rotatable bonds is 2. The summed E-state index contributed by atoms with van der Waals surface area (Å²) in [4.78, 5) is 23.4. The number of hydrogen-bond acceptors (Lipinski definition) is 3. The van der Waals surface area contributed by atoms with Crippen LogP contribution in [0.25, 0.3) is 0 Å². The van der Waals surface area contributed by atoms with Crippen molar-refractivity contribution < 1.29 is 14.7 Å². The van der Waals surface area contributed by atoms with Gasteiger partial charge in [-0.3, -0.25) is 9.59 Å². The largest absolute Gasteiger partial charge is 0.508 e. The lowest BCUT2D eigenvalue weighted by Gasteiger charge is -2.07. The highest BCUT2D eigenvalue weighted by molar-refractivity contribution is 6.44. The molecule has 0 unspecified atom stereocenters. The summed E-state index contributed by atoms with van der Waals surface area (Å²) in [6, 6.07) is 12.4. The number of amides is 2. The molecule has 2 amide bonds. The summed E-state index contributed by atoms with van der Waals surface area (Å²) >= 11 is 5.88. The van der Waals surface area contributed by atoms with E-state index >= 15 is 0 Å². The van der Waals surface area contributed by atoms with Crippen LogP contribution in [0.3, 0.4) is 0 Å². The molecule has 0 aliphatic carbocycles. The number of carbonyl (C=O) groups excluding carboxylic acids is 2. The zero-order valence-corrected chi connectivity index (χ0v) is 11.0. The van der Waals surface area contributed by atoms with Crippen LogP contribution >= 0.6 is 11.6 Å². The van der Waals surface area contributed by atoms with E-state index in [0.717, 1.165) is 0 Å². The van der Waals surface area contributed by atoms with Crippen LogP contribution in [0.15, 0.2) is 48.5 Å². The SMILES string of the molecule is O=C(Nc1ccc(O)cc1)C(=O)Nc1ccccc1Cl. The molecule has 0 heterocycles. The van der Waals surface area contributed by atoms with E-state index in [0.29, 0.717) is 16.4 Å². The third-order valence-corrected chi connectivity index (χ3v) is 2.78. The number of phenols is 1. The van der Waals surface area contributed by atoms with Crippen LogP contribution < -0.4 is 10.6 Å². The molecule has 0 aliphatic heterocycles. The number of benzene rings is 2. The molecule has 0 fully saturated rings. The smallest absolute Gasteiger partial charge is 0.314 e. The fourth-order valence-electron chi connectivity index (χ4n) is 1.47. The summed E-state index contributed by atoms with van der Waals surface area (Å²) in [5.74, 6) is -1.58. The third-order valence-electron chi connectivity index (χ3n) is 2.45. The molecular weight excluding hydrogens is 280 g/mol. The van der Waals surface area contributed by atoms with Crippen molar-refractivity contribution in [1.29, 1.82) is 0 Å². The van der Waals surface area contributed by atoms with Gasteiger partial charge >= 0.3 is 11.8 Å². The molecule has 2 rings (SSSR count). The van der Waals surface area contributed by atoms with E-state index in [9.17, 15) is 9.59 Å². The lowest BCUT2D eigenvalue weighted by atomic mass is 10.3. The summed E-state index contributed by atoms with van der Waals surface area (Å²) in [5, 5.41) is 14.3. The van der Waals surface area contributed by atoms with Gasteiger partial charge in [-0.2, -0.15) is 0 Å². The van der Waals surface area contributed by atoms with Gasteiger partial charge in [0, 0.05) is 5.69 Å². The second kappa shape index (κ2) is 6.08. The van der Waals surface area contributed by atoms with E-state index in [2.05, 4.69) is 10.6 Å². The predicted molar refractivity (Wildman–Crippen MR) is 76.8 cm³/mol. The van der Waals surface area contributed by atoms with Gasteiger partial charge in [0.15, 0.2) is 0 Å². The van der Waals surface area contributed by atoms with E-state index in [1.165, 1.54) is 24.3 Å². The molecule has 2 aromatic carbocycles. The number of para-hydroxylation sites is 1. The van der Waals surface area contributed by atoms with E-state index in [4.69, 9.17) is 16.7 Å². The first-order valence-electron chi connectivity index (χ1n) is 5.72. The van der Waals surface area contributed by atoms with Crippen molar-refractivity contribution in [3.8, 4) is 5.75 Å². The molecule has 5 nitrogen and oxygen atoms in total. The molecule has 0 bridgehead atoms. The minimum Gasteiger partial charge on any atom is -0.508 e. The molecule has 0 atom stereocenters. The Hall–Kier alpha value is -2.53. The number of aromatic hydroxyl groups is 1. The zero-order chi connectivity index (χ0) is 14.5. The van der Waals surface area contributed by atoms with Gasteiger partial charge in [0.1, 0.15) is 5.75 Å². The van der Waals surface area contributed by atoms with Crippen molar-refractivity contribution >= 4 is 34.8 Å². The molecule has 0 aliphatic rings. The minimum atomic E-state index is -0.828. The van der Waals surface area contributed by atoms with Gasteiger partial charge in [0.05, 0.1) is 10.7 Å². The molecule has 0 spiro atoms. The molecule has 0 saturated carbocycles. The lowest BCUT2D eigenvalue weighted by molar-refractivity contribution is -0.132. The van der Waals surface area contributed by atoms with Crippen molar-refractivity contribution in [2.24, 2.45) is 0 Å². The first kappa shape index (κ1) is 13.9. The van der Waals surface area contributed by atoms with Gasteiger partial charge in [-0.15, -0.1) is 0 Å². The first-order valence-corrected chi connectivity index (χ1v) is 6.10. The van der Waals surface area contributed by atoms with Crippen LogP contribution in [0.1, 0.15) is 0 Å². The molecule has 0 radical (unpaired) electrons. The predicted octanol–water partition coefficient (Wildman–Crippen LogP) is 2.62. The van der Waals surface area contributed by atoms with Crippen LogP contribution in [-0.2, 0) is 9.59 Å². The number of anilines is 2. The molecule has 0 aromatic heterocycles. The van der Waals surface area contributed by atoms with Crippen LogP contribution in [0.4, 0.5) is 11.4 Å². The Balaban J connectivity index is 2.01. The van der Waals surface area contributed by atoms with E-state index in [-0.39, 0.29) is 5.75 Å². The maximum atomic E-state index is 11.7. The quantitative estimate of drug-likeness (QED) is 0.587. The molecule has 6 heteroatoms. The maximum Gasteiger partial charge on any atom is 0.314 e. The Kier molecular flexibility index (Phi) is 4.22.